The quantitative estimate of drug-likeness (QED) is 0.680. The van der Waals surface area contributed by atoms with Crippen molar-refractivity contribution in [2.45, 2.75) is 19.4 Å². The third kappa shape index (κ3) is 3.19. The van der Waals surface area contributed by atoms with Crippen LogP contribution in [0.4, 0.5) is 0 Å². The molecule has 0 spiro atoms. The van der Waals surface area contributed by atoms with E-state index < -0.39 is 0 Å². The van der Waals surface area contributed by atoms with Crippen molar-refractivity contribution in [2.75, 3.05) is 39.9 Å². The summed E-state index contributed by atoms with van der Waals surface area (Å²) < 4.78 is 4.82. The molecule has 1 fully saturated rings. The van der Waals surface area contributed by atoms with Crippen LogP contribution in [0, 0.1) is 11.3 Å². The van der Waals surface area contributed by atoms with E-state index in [0.717, 1.165) is 19.5 Å². The molecule has 0 aromatic carbocycles. The Hall–Kier alpha value is -1.12. The van der Waals surface area contributed by atoms with Gasteiger partial charge in [0.2, 0.25) is 5.91 Å². The maximum absolute atomic E-state index is 11.5. The van der Waals surface area contributed by atoms with E-state index >= 15 is 0 Å². The molecule has 90 valence electrons. The van der Waals surface area contributed by atoms with Gasteiger partial charge in [-0.2, -0.15) is 5.26 Å². The molecule has 0 N–H and O–H groups in total. The minimum absolute atomic E-state index is 0.0142. The Bertz CT molecular complexity index is 267. The monoisotopic (exact) mass is 225 g/mol. The molecule has 1 amide bonds. The highest BCUT2D eigenvalue weighted by molar-refractivity contribution is 5.77. The highest BCUT2D eigenvalue weighted by atomic mass is 16.5. The number of nitrogens with zero attached hydrogens (tertiary/aromatic N) is 3. The van der Waals surface area contributed by atoms with E-state index in [1.165, 1.54) is 7.11 Å². The van der Waals surface area contributed by atoms with Crippen molar-refractivity contribution >= 4 is 5.91 Å². The number of nitriles is 1. The van der Waals surface area contributed by atoms with Crippen LogP contribution in [0.25, 0.3) is 0 Å². The van der Waals surface area contributed by atoms with Crippen LogP contribution in [-0.2, 0) is 9.53 Å². The van der Waals surface area contributed by atoms with Gasteiger partial charge >= 0.3 is 0 Å². The van der Waals surface area contributed by atoms with E-state index in [0.29, 0.717) is 13.1 Å². The van der Waals surface area contributed by atoms with Crippen LogP contribution in [0.15, 0.2) is 0 Å². The summed E-state index contributed by atoms with van der Waals surface area (Å²) in [5.41, 5.74) is 0. The van der Waals surface area contributed by atoms with Gasteiger partial charge in [0.25, 0.3) is 0 Å². The Morgan fingerprint density at radius 1 is 1.44 bits per heavy atom. The van der Waals surface area contributed by atoms with Gasteiger partial charge < -0.3 is 9.64 Å². The number of rotatable bonds is 4. The van der Waals surface area contributed by atoms with E-state index in [4.69, 9.17) is 10.00 Å². The van der Waals surface area contributed by atoms with E-state index in [9.17, 15) is 4.79 Å². The first-order chi connectivity index (χ1) is 7.72. The fraction of sp³-hybridized carbons (Fsp3) is 0.818. The molecule has 5 nitrogen and oxygen atoms in total. The number of ether oxygens (including phenoxy) is 1. The van der Waals surface area contributed by atoms with Crippen LogP contribution in [0.1, 0.15) is 13.3 Å². The first-order valence-corrected chi connectivity index (χ1v) is 5.63. The van der Waals surface area contributed by atoms with Crippen LogP contribution >= 0.6 is 0 Å². The Morgan fingerprint density at radius 3 is 2.50 bits per heavy atom. The molecular formula is C11H19N3O2. The smallest absolute Gasteiger partial charge is 0.248 e. The Balaban J connectivity index is 2.39. The highest BCUT2D eigenvalue weighted by Gasteiger charge is 2.24. The van der Waals surface area contributed by atoms with E-state index in [-0.39, 0.29) is 18.6 Å². The van der Waals surface area contributed by atoms with Crippen LogP contribution < -0.4 is 0 Å². The first kappa shape index (κ1) is 12.9. The maximum atomic E-state index is 11.5. The average molecular weight is 225 g/mol. The third-order valence-electron chi connectivity index (χ3n) is 2.91. The largest absolute Gasteiger partial charge is 0.375 e. The van der Waals surface area contributed by atoms with Gasteiger partial charge in [-0.05, 0) is 6.42 Å². The van der Waals surface area contributed by atoms with Crippen molar-refractivity contribution in [3.8, 4) is 6.07 Å². The van der Waals surface area contributed by atoms with Gasteiger partial charge in [-0.25, -0.2) is 0 Å². The molecule has 0 aliphatic carbocycles. The van der Waals surface area contributed by atoms with Gasteiger partial charge in [0, 0.05) is 33.3 Å². The molecule has 1 saturated heterocycles. The van der Waals surface area contributed by atoms with Crippen molar-refractivity contribution in [3.63, 3.8) is 0 Å². The first-order valence-electron chi connectivity index (χ1n) is 5.63. The number of hydrogen-bond donors (Lipinski definition) is 0. The predicted molar refractivity (Wildman–Crippen MR) is 59.7 cm³/mol. The summed E-state index contributed by atoms with van der Waals surface area (Å²) in [6, 6.07) is 2.27. The average Bonchev–Trinajstić information content (AvgIpc) is 2.32. The molecule has 0 aromatic rings. The highest BCUT2D eigenvalue weighted by Crippen LogP contribution is 2.08. The SMILES string of the molecule is CC[C@H](C#N)N1CCN(C(=O)COC)CC1. The summed E-state index contributed by atoms with van der Waals surface area (Å²) in [5.74, 6) is 0.0344. The lowest BCUT2D eigenvalue weighted by Gasteiger charge is -2.36. The Morgan fingerprint density at radius 2 is 2.06 bits per heavy atom. The van der Waals surface area contributed by atoms with E-state index in [1.807, 2.05) is 6.92 Å². The zero-order chi connectivity index (χ0) is 12.0. The number of hydrogen-bond acceptors (Lipinski definition) is 4. The lowest BCUT2D eigenvalue weighted by atomic mass is 10.2. The fourth-order valence-corrected chi connectivity index (χ4v) is 1.93. The molecule has 0 bridgehead atoms. The van der Waals surface area contributed by atoms with Gasteiger partial charge in [0.15, 0.2) is 0 Å². The van der Waals surface area contributed by atoms with Gasteiger partial charge in [-0.15, -0.1) is 0 Å². The Labute approximate surface area is 96.6 Å². The number of amides is 1. The van der Waals surface area contributed by atoms with Crippen molar-refractivity contribution in [2.24, 2.45) is 0 Å². The molecule has 1 aliphatic heterocycles. The molecule has 16 heavy (non-hydrogen) atoms. The van der Waals surface area contributed by atoms with Crippen molar-refractivity contribution in [1.29, 1.82) is 5.26 Å². The minimum atomic E-state index is -0.0142. The van der Waals surface area contributed by atoms with Crippen molar-refractivity contribution in [3.05, 3.63) is 0 Å². The lowest BCUT2D eigenvalue weighted by molar-refractivity contribution is -0.137. The standard InChI is InChI=1S/C11H19N3O2/c1-3-10(8-12)13-4-6-14(7-5-13)11(15)9-16-2/h10H,3-7,9H2,1-2H3/t10-/m1/s1. The van der Waals surface area contributed by atoms with Crippen LogP contribution in [0.3, 0.4) is 0 Å². The molecule has 0 radical (unpaired) electrons. The second-order valence-electron chi connectivity index (χ2n) is 3.90. The minimum Gasteiger partial charge on any atom is -0.375 e. The van der Waals surface area contributed by atoms with Crippen LogP contribution in [-0.4, -0.2) is 61.6 Å². The molecule has 1 heterocycles. The molecule has 1 rings (SSSR count). The zero-order valence-corrected chi connectivity index (χ0v) is 9.98. The van der Waals surface area contributed by atoms with E-state index in [1.54, 1.807) is 4.90 Å². The summed E-state index contributed by atoms with van der Waals surface area (Å²) in [6.45, 7) is 5.11. The molecule has 5 heteroatoms. The van der Waals surface area contributed by atoms with E-state index in [2.05, 4.69) is 11.0 Å². The Kier molecular flexibility index (Phi) is 5.23. The third-order valence-corrected chi connectivity index (χ3v) is 2.91. The molecule has 1 atom stereocenters. The number of methoxy groups -OCH3 is 1. The predicted octanol–water partition coefficient (Wildman–Crippen LogP) is 0.0792. The van der Waals surface area contributed by atoms with Crippen molar-refractivity contribution < 1.29 is 9.53 Å². The summed E-state index contributed by atoms with van der Waals surface area (Å²) in [4.78, 5) is 15.5. The molecule has 0 unspecified atom stereocenters. The molecule has 1 aliphatic rings. The van der Waals surface area contributed by atoms with Crippen LogP contribution in [0.2, 0.25) is 0 Å². The molecule has 0 saturated carbocycles. The van der Waals surface area contributed by atoms with Gasteiger partial charge in [0.05, 0.1) is 12.1 Å². The topological polar surface area (TPSA) is 56.6 Å². The second-order valence-corrected chi connectivity index (χ2v) is 3.90. The van der Waals surface area contributed by atoms with Crippen molar-refractivity contribution in [1.82, 2.24) is 9.80 Å². The fourth-order valence-electron chi connectivity index (χ4n) is 1.93. The number of carbonyl (C=O) groups excluding carboxylic acids is 1. The van der Waals surface area contributed by atoms with Gasteiger partial charge in [-0.3, -0.25) is 9.69 Å². The molecular weight excluding hydrogens is 206 g/mol. The molecule has 0 aromatic heterocycles. The summed E-state index contributed by atoms with van der Waals surface area (Å²) in [5, 5.41) is 8.95. The maximum Gasteiger partial charge on any atom is 0.248 e. The lowest BCUT2D eigenvalue weighted by Crippen LogP contribution is -2.52. The van der Waals surface area contributed by atoms with Gasteiger partial charge in [0.1, 0.15) is 6.61 Å². The zero-order valence-electron chi connectivity index (χ0n) is 9.98. The van der Waals surface area contributed by atoms with Gasteiger partial charge in [-0.1, -0.05) is 6.92 Å². The summed E-state index contributed by atoms with van der Waals surface area (Å²) in [7, 11) is 1.52. The normalized spacial score (nSPS) is 19.2. The number of piperazine rings is 1. The van der Waals surface area contributed by atoms with Crippen LogP contribution in [0.5, 0.6) is 0 Å². The number of carbonyl (C=O) groups is 1. The second kappa shape index (κ2) is 6.46. The summed E-state index contributed by atoms with van der Waals surface area (Å²) in [6.07, 6.45) is 0.836. The summed E-state index contributed by atoms with van der Waals surface area (Å²) >= 11 is 0.